The number of nitrogens with zero attached hydrogens (tertiary/aromatic N) is 2. The number of carbonyl (C=O) groups is 1. The number of carbonyl (C=O) groups excluding carboxylic acids is 1. The van der Waals surface area contributed by atoms with Gasteiger partial charge in [-0.2, -0.15) is 13.2 Å². The van der Waals surface area contributed by atoms with Crippen molar-refractivity contribution in [2.75, 3.05) is 18.5 Å². The molecule has 0 aliphatic carbocycles. The largest absolute Gasteiger partial charge is 0.390 e. The molecule has 0 atom stereocenters. The highest BCUT2D eigenvalue weighted by molar-refractivity contribution is 7.17. The van der Waals surface area contributed by atoms with Crippen LogP contribution in [-0.4, -0.2) is 31.0 Å². The van der Waals surface area contributed by atoms with Gasteiger partial charge in [-0.05, 0) is 0 Å². The van der Waals surface area contributed by atoms with E-state index in [0.717, 1.165) is 16.9 Å². The maximum Gasteiger partial charge on any atom is 0.390 e. The molecule has 0 N–H and O–H groups in total. The smallest absolute Gasteiger partial charge is 0.351 e. The molecule has 0 bridgehead atoms. The first kappa shape index (κ1) is 15.5. The summed E-state index contributed by atoms with van der Waals surface area (Å²) in [5.74, 6) is 0. The minimum atomic E-state index is -4.21. The van der Waals surface area contributed by atoms with Gasteiger partial charge in [-0.25, -0.2) is 4.98 Å². The van der Waals surface area contributed by atoms with Crippen LogP contribution in [0, 0.1) is 0 Å². The maximum absolute atomic E-state index is 12.2. The highest BCUT2D eigenvalue weighted by Gasteiger charge is 2.28. The van der Waals surface area contributed by atoms with Crippen LogP contribution < -0.4 is 4.90 Å². The Morgan fingerprint density at radius 3 is 2.52 bits per heavy atom. The summed E-state index contributed by atoms with van der Waals surface area (Å²) in [4.78, 5) is 17.2. The zero-order valence-electron chi connectivity index (χ0n) is 11.2. The molecule has 0 spiro atoms. The van der Waals surface area contributed by atoms with Crippen molar-refractivity contribution in [3.63, 3.8) is 0 Å². The maximum atomic E-state index is 12.2. The van der Waals surface area contributed by atoms with Crippen molar-refractivity contribution in [1.82, 2.24) is 4.98 Å². The summed E-state index contributed by atoms with van der Waals surface area (Å²) in [6.07, 6.45) is -4.44. The Morgan fingerprint density at radius 1 is 1.29 bits per heavy atom. The van der Waals surface area contributed by atoms with Gasteiger partial charge in [-0.1, -0.05) is 41.7 Å². The molecular weight excluding hydrogens is 301 g/mol. The van der Waals surface area contributed by atoms with Crippen LogP contribution in [0.3, 0.4) is 0 Å². The van der Waals surface area contributed by atoms with E-state index in [2.05, 4.69) is 4.98 Å². The molecule has 0 unspecified atom stereocenters. The van der Waals surface area contributed by atoms with E-state index >= 15 is 0 Å². The van der Waals surface area contributed by atoms with Crippen molar-refractivity contribution < 1.29 is 18.0 Å². The Labute approximate surface area is 124 Å². The predicted molar refractivity (Wildman–Crippen MR) is 76.9 cm³/mol. The first-order chi connectivity index (χ1) is 9.90. The quantitative estimate of drug-likeness (QED) is 0.782. The van der Waals surface area contributed by atoms with E-state index in [-0.39, 0.29) is 6.54 Å². The molecule has 2 aromatic rings. The summed E-state index contributed by atoms with van der Waals surface area (Å²) in [6.45, 7) is -0.191. The number of hydrogen-bond acceptors (Lipinski definition) is 4. The molecule has 0 fully saturated rings. The van der Waals surface area contributed by atoms with Gasteiger partial charge in [0, 0.05) is 19.2 Å². The zero-order chi connectivity index (χ0) is 15.5. The van der Waals surface area contributed by atoms with Gasteiger partial charge < -0.3 is 4.90 Å². The molecule has 1 aromatic heterocycles. The summed E-state index contributed by atoms with van der Waals surface area (Å²) in [5, 5.41) is 0.403. The average molecular weight is 314 g/mol. The van der Waals surface area contributed by atoms with E-state index in [1.54, 1.807) is 0 Å². The summed E-state index contributed by atoms with van der Waals surface area (Å²) in [5.41, 5.74) is 1.27. The Kier molecular flexibility index (Phi) is 4.62. The molecule has 0 aliphatic heterocycles. The van der Waals surface area contributed by atoms with Crippen LogP contribution in [0.2, 0.25) is 0 Å². The molecule has 0 radical (unpaired) electrons. The standard InChI is InChI=1S/C14H13F3N2OS/c1-19(8-7-14(15,16)17)13-18-12(11(9-20)21-13)10-5-3-2-4-6-10/h2-6,9H,7-8H2,1H3. The van der Waals surface area contributed by atoms with Crippen molar-refractivity contribution in [2.45, 2.75) is 12.6 Å². The molecular formula is C14H13F3N2OS. The predicted octanol–water partition coefficient (Wildman–Crippen LogP) is 4.01. The van der Waals surface area contributed by atoms with Crippen LogP contribution in [0.4, 0.5) is 18.3 Å². The number of hydrogen-bond donors (Lipinski definition) is 0. The Bertz CT molecular complexity index is 610. The normalized spacial score (nSPS) is 11.4. The Morgan fingerprint density at radius 2 is 1.95 bits per heavy atom. The van der Waals surface area contributed by atoms with Crippen LogP contribution >= 0.6 is 11.3 Å². The zero-order valence-corrected chi connectivity index (χ0v) is 12.0. The number of thiazole rings is 1. The second-order valence-electron chi connectivity index (χ2n) is 4.48. The van der Waals surface area contributed by atoms with Gasteiger partial charge in [-0.15, -0.1) is 0 Å². The third-order valence-corrected chi connectivity index (χ3v) is 3.95. The average Bonchev–Trinajstić information content (AvgIpc) is 2.89. The lowest BCUT2D eigenvalue weighted by Gasteiger charge is -2.16. The van der Waals surface area contributed by atoms with Crippen LogP contribution in [0.25, 0.3) is 11.3 Å². The van der Waals surface area contributed by atoms with Gasteiger partial charge in [0.25, 0.3) is 0 Å². The Balaban J connectivity index is 2.23. The van der Waals surface area contributed by atoms with E-state index in [4.69, 9.17) is 0 Å². The van der Waals surface area contributed by atoms with Gasteiger partial charge in [0.2, 0.25) is 0 Å². The fourth-order valence-corrected chi connectivity index (χ4v) is 2.65. The van der Waals surface area contributed by atoms with E-state index in [0.29, 0.717) is 22.0 Å². The fraction of sp³-hybridized carbons (Fsp3) is 0.286. The SMILES string of the molecule is CN(CCC(F)(F)F)c1nc(-c2ccccc2)c(C=O)s1. The summed E-state index contributed by atoms with van der Waals surface area (Å²) in [7, 11) is 1.54. The lowest BCUT2D eigenvalue weighted by Crippen LogP contribution is -2.23. The lowest BCUT2D eigenvalue weighted by molar-refractivity contribution is -0.132. The second-order valence-corrected chi connectivity index (χ2v) is 5.49. The minimum Gasteiger partial charge on any atom is -0.351 e. The van der Waals surface area contributed by atoms with Crippen molar-refractivity contribution in [2.24, 2.45) is 0 Å². The molecule has 1 aromatic carbocycles. The topological polar surface area (TPSA) is 33.2 Å². The highest BCUT2D eigenvalue weighted by atomic mass is 32.1. The number of benzene rings is 1. The monoisotopic (exact) mass is 314 g/mol. The molecule has 3 nitrogen and oxygen atoms in total. The highest BCUT2D eigenvalue weighted by Crippen LogP contribution is 2.32. The summed E-state index contributed by atoms with van der Waals surface area (Å²) in [6, 6.07) is 9.09. The van der Waals surface area contributed by atoms with Crippen molar-refractivity contribution in [3.05, 3.63) is 35.2 Å². The molecule has 21 heavy (non-hydrogen) atoms. The number of rotatable bonds is 5. The molecule has 0 amide bonds. The van der Waals surface area contributed by atoms with E-state index < -0.39 is 12.6 Å². The number of aldehydes is 1. The van der Waals surface area contributed by atoms with Crippen molar-refractivity contribution >= 4 is 22.8 Å². The fourth-order valence-electron chi connectivity index (χ4n) is 1.76. The van der Waals surface area contributed by atoms with E-state index in [1.807, 2.05) is 30.3 Å². The third kappa shape index (κ3) is 4.04. The third-order valence-electron chi connectivity index (χ3n) is 2.85. The van der Waals surface area contributed by atoms with Gasteiger partial charge in [0.05, 0.1) is 17.0 Å². The Hall–Kier alpha value is -1.89. The molecule has 7 heteroatoms. The molecule has 112 valence electrons. The number of aromatic nitrogens is 1. The first-order valence-electron chi connectivity index (χ1n) is 6.20. The first-order valence-corrected chi connectivity index (χ1v) is 7.01. The van der Waals surface area contributed by atoms with Gasteiger partial charge in [-0.3, -0.25) is 4.79 Å². The summed E-state index contributed by atoms with van der Waals surface area (Å²) < 4.78 is 36.7. The number of anilines is 1. The second kappa shape index (κ2) is 6.26. The number of halogens is 3. The van der Waals surface area contributed by atoms with Crippen molar-refractivity contribution in [3.8, 4) is 11.3 Å². The van der Waals surface area contributed by atoms with Gasteiger partial charge in [0.15, 0.2) is 11.4 Å². The van der Waals surface area contributed by atoms with Gasteiger partial charge >= 0.3 is 6.18 Å². The molecule has 2 rings (SSSR count). The van der Waals surface area contributed by atoms with Gasteiger partial charge in [0.1, 0.15) is 0 Å². The molecule has 0 aliphatic rings. The van der Waals surface area contributed by atoms with Crippen LogP contribution in [0.5, 0.6) is 0 Å². The van der Waals surface area contributed by atoms with Crippen molar-refractivity contribution in [1.29, 1.82) is 0 Å². The van der Waals surface area contributed by atoms with Crippen LogP contribution in [0.15, 0.2) is 30.3 Å². The molecule has 0 saturated carbocycles. The summed E-state index contributed by atoms with van der Waals surface area (Å²) >= 11 is 1.09. The lowest BCUT2D eigenvalue weighted by atomic mass is 10.1. The molecule has 0 saturated heterocycles. The van der Waals surface area contributed by atoms with E-state index in [1.165, 1.54) is 11.9 Å². The van der Waals surface area contributed by atoms with E-state index in [9.17, 15) is 18.0 Å². The number of alkyl halides is 3. The van der Waals surface area contributed by atoms with Crippen LogP contribution in [-0.2, 0) is 0 Å². The minimum absolute atomic E-state index is 0.191. The van der Waals surface area contributed by atoms with Crippen LogP contribution in [0.1, 0.15) is 16.1 Å². The molecule has 1 heterocycles.